The molecule has 18 heavy (non-hydrogen) atoms. The molecule has 0 unspecified atom stereocenters. The van der Waals surface area contributed by atoms with Gasteiger partial charge in [0.25, 0.3) is 0 Å². The first-order valence-corrected chi connectivity index (χ1v) is 5.58. The number of rotatable bonds is 3. The lowest BCUT2D eigenvalue weighted by atomic mass is 10.1. The van der Waals surface area contributed by atoms with E-state index in [2.05, 4.69) is 4.98 Å². The quantitative estimate of drug-likeness (QED) is 0.795. The number of nitrogens with one attached hydrogen (secondary N) is 1. The topological polar surface area (TPSA) is 92.2 Å². The zero-order valence-electron chi connectivity index (χ0n) is 9.34. The molecule has 0 aliphatic heterocycles. The Kier molecular flexibility index (Phi) is 2.13. The lowest BCUT2D eigenvalue weighted by Crippen LogP contribution is -2.14. The van der Waals surface area contributed by atoms with Crippen molar-refractivity contribution in [2.75, 3.05) is 0 Å². The Morgan fingerprint density at radius 1 is 1.44 bits per heavy atom. The number of nitrogens with zero attached hydrogens (tertiary/aromatic N) is 1. The first-order chi connectivity index (χ1) is 8.61. The van der Waals surface area contributed by atoms with Crippen molar-refractivity contribution in [3.8, 4) is 0 Å². The summed E-state index contributed by atoms with van der Waals surface area (Å²) in [4.78, 5) is 36.4. The average Bonchev–Trinajstić information content (AvgIpc) is 3.10. The minimum Gasteiger partial charge on any atom is -0.478 e. The van der Waals surface area contributed by atoms with E-state index in [1.165, 1.54) is 10.6 Å². The van der Waals surface area contributed by atoms with E-state index in [1.54, 1.807) is 6.07 Å². The number of imidazole rings is 1. The Morgan fingerprint density at radius 2 is 2.17 bits per heavy atom. The van der Waals surface area contributed by atoms with E-state index in [-0.39, 0.29) is 28.4 Å². The predicted octanol–water partition coefficient (Wildman–Crippen LogP) is 1.18. The Morgan fingerprint density at radius 3 is 2.72 bits per heavy atom. The van der Waals surface area contributed by atoms with Crippen molar-refractivity contribution in [1.82, 2.24) is 9.55 Å². The van der Waals surface area contributed by atoms with Gasteiger partial charge in [-0.3, -0.25) is 9.36 Å². The van der Waals surface area contributed by atoms with E-state index in [9.17, 15) is 14.4 Å². The zero-order valence-corrected chi connectivity index (χ0v) is 9.34. The fraction of sp³-hybridized carbons (Fsp3) is 0.250. The van der Waals surface area contributed by atoms with E-state index in [1.807, 2.05) is 0 Å². The van der Waals surface area contributed by atoms with Crippen molar-refractivity contribution >= 4 is 23.3 Å². The van der Waals surface area contributed by atoms with Crippen molar-refractivity contribution in [3.05, 3.63) is 33.7 Å². The summed E-state index contributed by atoms with van der Waals surface area (Å²) in [5.41, 5.74) is 0.659. The van der Waals surface area contributed by atoms with Gasteiger partial charge < -0.3 is 10.1 Å². The molecule has 3 rings (SSSR count). The number of aldehydes is 1. The van der Waals surface area contributed by atoms with Crippen LogP contribution in [0.2, 0.25) is 0 Å². The van der Waals surface area contributed by atoms with Crippen LogP contribution in [-0.4, -0.2) is 26.9 Å². The van der Waals surface area contributed by atoms with Gasteiger partial charge in [0.15, 0.2) is 0 Å². The highest BCUT2D eigenvalue weighted by Crippen LogP contribution is 2.36. The van der Waals surface area contributed by atoms with Crippen molar-refractivity contribution in [2.45, 2.75) is 18.9 Å². The summed E-state index contributed by atoms with van der Waals surface area (Å²) in [6.07, 6.45) is 2.39. The Balaban J connectivity index is 2.42. The molecule has 1 aliphatic carbocycles. The maximum atomic E-state index is 11.8. The summed E-state index contributed by atoms with van der Waals surface area (Å²) >= 11 is 0. The molecule has 6 nitrogen and oxygen atoms in total. The number of hydrogen-bond donors (Lipinski definition) is 2. The maximum absolute atomic E-state index is 11.8. The zero-order chi connectivity index (χ0) is 12.9. The summed E-state index contributed by atoms with van der Waals surface area (Å²) in [7, 11) is 0. The van der Waals surface area contributed by atoms with E-state index >= 15 is 0 Å². The number of carboxylic acids is 1. The third kappa shape index (κ3) is 1.46. The van der Waals surface area contributed by atoms with Crippen molar-refractivity contribution in [2.24, 2.45) is 0 Å². The maximum Gasteiger partial charge on any atom is 0.337 e. The number of carbonyl (C=O) groups excluding carboxylic acids is 1. The highest BCUT2D eigenvalue weighted by atomic mass is 16.4. The summed E-state index contributed by atoms with van der Waals surface area (Å²) in [5, 5.41) is 9.11. The van der Waals surface area contributed by atoms with Gasteiger partial charge >= 0.3 is 11.7 Å². The number of carbonyl (C=O) groups is 2. The van der Waals surface area contributed by atoms with Crippen molar-refractivity contribution in [1.29, 1.82) is 0 Å². The number of carboxylic acid groups (broad SMARTS) is 1. The van der Waals surface area contributed by atoms with Gasteiger partial charge in [-0.1, -0.05) is 0 Å². The van der Waals surface area contributed by atoms with Gasteiger partial charge in [0.1, 0.15) is 6.29 Å². The molecule has 0 radical (unpaired) electrons. The molecule has 1 aromatic carbocycles. The van der Waals surface area contributed by atoms with Gasteiger partial charge in [0.05, 0.1) is 16.6 Å². The fourth-order valence-electron chi connectivity index (χ4n) is 2.18. The SMILES string of the molecule is O=Cc1cc(C(=O)O)c2[nH]c(=O)n(C3CC3)c2c1. The number of hydrogen-bond acceptors (Lipinski definition) is 3. The molecule has 0 saturated heterocycles. The smallest absolute Gasteiger partial charge is 0.337 e. The van der Waals surface area contributed by atoms with E-state index in [0.717, 1.165) is 12.8 Å². The molecular formula is C12H10N2O4. The molecule has 2 aromatic rings. The molecule has 1 fully saturated rings. The van der Waals surface area contributed by atoms with Crippen LogP contribution < -0.4 is 5.69 Å². The largest absolute Gasteiger partial charge is 0.478 e. The van der Waals surface area contributed by atoms with Crippen LogP contribution in [0.4, 0.5) is 0 Å². The minimum atomic E-state index is -1.16. The van der Waals surface area contributed by atoms with Gasteiger partial charge in [0, 0.05) is 11.6 Å². The Bertz CT molecular complexity index is 721. The molecule has 0 amide bonds. The monoisotopic (exact) mass is 246 g/mol. The van der Waals surface area contributed by atoms with Crippen LogP contribution in [0.1, 0.15) is 39.6 Å². The molecule has 0 bridgehead atoms. The molecule has 1 aliphatic rings. The second-order valence-corrected chi connectivity index (χ2v) is 4.42. The van der Waals surface area contributed by atoms with Crippen LogP contribution in [0.25, 0.3) is 11.0 Å². The second kappa shape index (κ2) is 3.56. The standard InChI is InChI=1S/C12H10N2O4/c15-5-6-3-8(11(16)17)10-9(4-6)14(7-1-2-7)12(18)13-10/h3-5,7H,1-2H2,(H,13,18)(H,16,17). The number of aromatic amines is 1. The first kappa shape index (κ1) is 10.8. The number of benzene rings is 1. The van der Waals surface area contributed by atoms with Crippen molar-refractivity contribution in [3.63, 3.8) is 0 Å². The predicted molar refractivity (Wildman–Crippen MR) is 63.2 cm³/mol. The number of aromatic nitrogens is 2. The summed E-state index contributed by atoms with van der Waals surface area (Å²) in [6, 6.07) is 2.94. The Labute approximate surface area is 101 Å². The van der Waals surface area contributed by atoms with Gasteiger partial charge in [-0.2, -0.15) is 0 Å². The van der Waals surface area contributed by atoms with E-state index in [0.29, 0.717) is 11.8 Å². The summed E-state index contributed by atoms with van der Waals surface area (Å²) in [5.74, 6) is -1.16. The fourth-order valence-corrected chi connectivity index (χ4v) is 2.18. The van der Waals surface area contributed by atoms with Crippen LogP contribution in [-0.2, 0) is 0 Å². The van der Waals surface area contributed by atoms with Crippen LogP contribution in [0, 0.1) is 0 Å². The van der Waals surface area contributed by atoms with Crippen LogP contribution in [0.15, 0.2) is 16.9 Å². The normalized spacial score (nSPS) is 14.9. The molecule has 1 aromatic heterocycles. The molecule has 1 saturated carbocycles. The lowest BCUT2D eigenvalue weighted by molar-refractivity contribution is 0.0699. The molecule has 2 N–H and O–H groups in total. The van der Waals surface area contributed by atoms with Crippen LogP contribution >= 0.6 is 0 Å². The van der Waals surface area contributed by atoms with Crippen molar-refractivity contribution < 1.29 is 14.7 Å². The third-order valence-electron chi connectivity index (χ3n) is 3.13. The molecule has 0 atom stereocenters. The minimum absolute atomic E-state index is 0.0499. The number of aromatic carboxylic acids is 1. The van der Waals surface area contributed by atoms with Gasteiger partial charge in [0.2, 0.25) is 0 Å². The average molecular weight is 246 g/mol. The van der Waals surface area contributed by atoms with Gasteiger partial charge in [-0.25, -0.2) is 9.59 Å². The van der Waals surface area contributed by atoms with Crippen LogP contribution in [0.5, 0.6) is 0 Å². The first-order valence-electron chi connectivity index (χ1n) is 5.58. The molecule has 1 heterocycles. The second-order valence-electron chi connectivity index (χ2n) is 4.42. The summed E-state index contributed by atoms with van der Waals surface area (Å²) < 4.78 is 1.54. The lowest BCUT2D eigenvalue weighted by Gasteiger charge is -2.02. The Hall–Kier alpha value is -2.37. The molecule has 0 spiro atoms. The van der Waals surface area contributed by atoms with Gasteiger partial charge in [-0.05, 0) is 25.0 Å². The summed E-state index contributed by atoms with van der Waals surface area (Å²) in [6.45, 7) is 0. The van der Waals surface area contributed by atoms with E-state index < -0.39 is 5.97 Å². The van der Waals surface area contributed by atoms with Gasteiger partial charge in [-0.15, -0.1) is 0 Å². The third-order valence-corrected chi connectivity index (χ3v) is 3.13. The van der Waals surface area contributed by atoms with Crippen LogP contribution in [0.3, 0.4) is 0 Å². The molecule has 92 valence electrons. The highest BCUT2D eigenvalue weighted by Gasteiger charge is 2.28. The molecule has 6 heteroatoms. The van der Waals surface area contributed by atoms with E-state index in [4.69, 9.17) is 5.11 Å². The number of H-pyrrole nitrogens is 1. The highest BCUT2D eigenvalue weighted by molar-refractivity contribution is 6.03. The molecular weight excluding hydrogens is 236 g/mol. The number of fused-ring (bicyclic) bond motifs is 1.